The predicted molar refractivity (Wildman–Crippen MR) is 96.5 cm³/mol. The Kier molecular flexibility index (Phi) is 3.25. The van der Waals surface area contributed by atoms with Gasteiger partial charge in [-0.1, -0.05) is 19.0 Å². The van der Waals surface area contributed by atoms with E-state index < -0.39 is 0 Å². The first kappa shape index (κ1) is 15.3. The molecule has 0 bridgehead atoms. The van der Waals surface area contributed by atoms with Crippen LogP contribution in [0.25, 0.3) is 22.3 Å². The van der Waals surface area contributed by atoms with E-state index >= 15 is 0 Å². The molecule has 0 aromatic carbocycles. The number of pyridine rings is 1. The van der Waals surface area contributed by atoms with Crippen LogP contribution < -0.4 is 0 Å². The minimum Gasteiger partial charge on any atom is -0.364 e. The Hall–Kier alpha value is -2.96. The number of nitrogens with one attached hydrogen (secondary N) is 1. The molecule has 7 nitrogen and oxygen atoms in total. The van der Waals surface area contributed by atoms with Gasteiger partial charge in [-0.15, -0.1) is 0 Å². The maximum atomic E-state index is 4.89. The van der Waals surface area contributed by atoms with Crippen molar-refractivity contribution in [3.63, 3.8) is 0 Å². The fourth-order valence-electron chi connectivity index (χ4n) is 3.78. The van der Waals surface area contributed by atoms with Crippen LogP contribution in [0.2, 0.25) is 0 Å². The molecule has 0 amide bonds. The lowest BCUT2D eigenvalue weighted by atomic mass is 9.76. The van der Waals surface area contributed by atoms with Crippen LogP contribution in [0.3, 0.4) is 0 Å². The molecule has 1 aliphatic rings. The van der Waals surface area contributed by atoms with Gasteiger partial charge in [0.1, 0.15) is 12.0 Å². The van der Waals surface area contributed by atoms with Crippen LogP contribution in [0.5, 0.6) is 0 Å². The second kappa shape index (κ2) is 5.52. The largest absolute Gasteiger partial charge is 0.364 e. The van der Waals surface area contributed by atoms with E-state index in [1.807, 2.05) is 23.1 Å². The summed E-state index contributed by atoms with van der Waals surface area (Å²) < 4.78 is 6.72. The van der Waals surface area contributed by atoms with E-state index in [1.165, 1.54) is 17.7 Å². The minimum atomic E-state index is 0.335. The smallest absolute Gasteiger partial charge is 0.158 e. The van der Waals surface area contributed by atoms with E-state index in [4.69, 9.17) is 4.52 Å². The molecule has 4 aromatic heterocycles. The molecule has 4 aromatic rings. The lowest BCUT2D eigenvalue weighted by molar-refractivity contribution is 0.312. The number of nitrogens with zero attached hydrogens (tertiary/aromatic N) is 5. The Balaban J connectivity index is 1.51. The number of H-pyrrole nitrogens is 1. The van der Waals surface area contributed by atoms with E-state index in [0.29, 0.717) is 12.0 Å². The highest BCUT2D eigenvalue weighted by Crippen LogP contribution is 2.37. The zero-order valence-corrected chi connectivity index (χ0v) is 14.9. The van der Waals surface area contributed by atoms with Gasteiger partial charge in [-0.2, -0.15) is 10.2 Å². The molecule has 0 unspecified atom stereocenters. The first-order valence-electron chi connectivity index (χ1n) is 8.86. The van der Waals surface area contributed by atoms with Crippen LogP contribution in [0.15, 0.2) is 35.3 Å². The van der Waals surface area contributed by atoms with Gasteiger partial charge in [0.15, 0.2) is 5.65 Å². The van der Waals surface area contributed by atoms with Crippen molar-refractivity contribution in [2.45, 2.75) is 39.7 Å². The third-order valence-electron chi connectivity index (χ3n) is 5.21. The van der Waals surface area contributed by atoms with E-state index in [9.17, 15) is 0 Å². The van der Waals surface area contributed by atoms with Crippen molar-refractivity contribution in [1.82, 2.24) is 30.1 Å². The molecule has 0 radical (unpaired) electrons. The first-order chi connectivity index (χ1) is 12.6. The van der Waals surface area contributed by atoms with Crippen LogP contribution in [-0.4, -0.2) is 30.1 Å². The standard InChI is InChI=1S/C19H20N6O/c1-19(2)5-3-15-16(8-19)22-23-17(15)12-7-13-10-21-25(18(13)20-9-12)11-14-4-6-26-24-14/h4,6-7,9-10H,3,5,8,11H2,1-2H3,(H,22,23). The van der Waals surface area contributed by atoms with Gasteiger partial charge in [0.25, 0.3) is 0 Å². The van der Waals surface area contributed by atoms with Crippen molar-refractivity contribution >= 4 is 11.0 Å². The molecule has 7 heteroatoms. The quantitative estimate of drug-likeness (QED) is 0.613. The maximum Gasteiger partial charge on any atom is 0.158 e. The number of aromatic amines is 1. The van der Waals surface area contributed by atoms with Crippen LogP contribution in [0, 0.1) is 5.41 Å². The van der Waals surface area contributed by atoms with Crippen molar-refractivity contribution in [3.8, 4) is 11.3 Å². The molecule has 0 atom stereocenters. The number of hydrogen-bond acceptors (Lipinski definition) is 5. The molecule has 26 heavy (non-hydrogen) atoms. The zero-order chi connectivity index (χ0) is 17.7. The lowest BCUT2D eigenvalue weighted by Gasteiger charge is -2.29. The van der Waals surface area contributed by atoms with Gasteiger partial charge in [-0.25, -0.2) is 9.67 Å². The Morgan fingerprint density at radius 3 is 3.08 bits per heavy atom. The molecular formula is C19H20N6O. The van der Waals surface area contributed by atoms with Crippen LogP contribution >= 0.6 is 0 Å². The summed E-state index contributed by atoms with van der Waals surface area (Å²) in [6, 6.07) is 3.95. The summed E-state index contributed by atoms with van der Waals surface area (Å²) in [7, 11) is 0. The second-order valence-electron chi connectivity index (χ2n) is 7.80. The van der Waals surface area contributed by atoms with E-state index in [0.717, 1.165) is 40.8 Å². The normalized spacial score (nSPS) is 16.1. The van der Waals surface area contributed by atoms with Crippen molar-refractivity contribution in [2.75, 3.05) is 0 Å². The second-order valence-corrected chi connectivity index (χ2v) is 7.80. The summed E-state index contributed by atoms with van der Waals surface area (Å²) in [5.41, 5.74) is 6.65. The highest BCUT2D eigenvalue weighted by Gasteiger charge is 2.29. The minimum absolute atomic E-state index is 0.335. The van der Waals surface area contributed by atoms with Gasteiger partial charge < -0.3 is 4.52 Å². The van der Waals surface area contributed by atoms with Crippen molar-refractivity contribution in [2.24, 2.45) is 5.41 Å². The fraction of sp³-hybridized carbons (Fsp3) is 0.368. The lowest BCUT2D eigenvalue weighted by Crippen LogP contribution is -2.21. The fourth-order valence-corrected chi connectivity index (χ4v) is 3.78. The molecule has 4 heterocycles. The molecule has 0 saturated heterocycles. The van der Waals surface area contributed by atoms with Gasteiger partial charge in [-0.05, 0) is 30.7 Å². The van der Waals surface area contributed by atoms with Crippen LogP contribution in [0.4, 0.5) is 0 Å². The molecule has 5 rings (SSSR count). The number of hydrogen-bond donors (Lipinski definition) is 1. The summed E-state index contributed by atoms with van der Waals surface area (Å²) in [6.07, 6.45) is 8.57. The Labute approximate surface area is 150 Å². The van der Waals surface area contributed by atoms with Gasteiger partial charge in [0, 0.05) is 34.5 Å². The Morgan fingerprint density at radius 2 is 2.23 bits per heavy atom. The molecular weight excluding hydrogens is 328 g/mol. The van der Waals surface area contributed by atoms with Crippen LogP contribution in [0.1, 0.15) is 37.2 Å². The topological polar surface area (TPSA) is 85.4 Å². The van der Waals surface area contributed by atoms with E-state index in [-0.39, 0.29) is 0 Å². The molecule has 0 spiro atoms. The van der Waals surface area contributed by atoms with Crippen molar-refractivity contribution < 1.29 is 4.52 Å². The van der Waals surface area contributed by atoms with E-state index in [2.05, 4.69) is 45.4 Å². The molecule has 0 saturated carbocycles. The predicted octanol–water partition coefficient (Wildman–Crippen LogP) is 3.37. The number of aromatic nitrogens is 6. The van der Waals surface area contributed by atoms with Crippen LogP contribution in [-0.2, 0) is 19.4 Å². The number of fused-ring (bicyclic) bond motifs is 2. The zero-order valence-electron chi connectivity index (χ0n) is 14.9. The highest BCUT2D eigenvalue weighted by molar-refractivity contribution is 5.80. The summed E-state index contributed by atoms with van der Waals surface area (Å²) in [4.78, 5) is 4.64. The molecule has 1 N–H and O–H groups in total. The first-order valence-corrected chi connectivity index (χ1v) is 8.86. The summed E-state index contributed by atoms with van der Waals surface area (Å²) in [5, 5.41) is 17.2. The monoisotopic (exact) mass is 348 g/mol. The molecule has 0 fully saturated rings. The summed E-state index contributed by atoms with van der Waals surface area (Å²) in [5.74, 6) is 0. The molecule has 132 valence electrons. The SMILES string of the molecule is CC1(C)CCc2c(-c3cnc4c(cnn4Cc4ccon4)c3)n[nH]c2C1. The number of rotatable bonds is 3. The Morgan fingerprint density at radius 1 is 1.31 bits per heavy atom. The summed E-state index contributed by atoms with van der Waals surface area (Å²) in [6.45, 7) is 5.17. The van der Waals surface area contributed by atoms with Gasteiger partial charge >= 0.3 is 0 Å². The average molecular weight is 348 g/mol. The van der Waals surface area contributed by atoms with Crippen molar-refractivity contribution in [3.05, 3.63) is 47.7 Å². The van der Waals surface area contributed by atoms with Crippen molar-refractivity contribution in [1.29, 1.82) is 0 Å². The van der Waals surface area contributed by atoms with Gasteiger partial charge in [-0.3, -0.25) is 5.10 Å². The third-order valence-corrected chi connectivity index (χ3v) is 5.21. The van der Waals surface area contributed by atoms with Gasteiger partial charge in [0.05, 0.1) is 18.4 Å². The maximum absolute atomic E-state index is 4.89. The Bertz CT molecular complexity index is 1070. The van der Waals surface area contributed by atoms with E-state index in [1.54, 1.807) is 6.26 Å². The highest BCUT2D eigenvalue weighted by atomic mass is 16.5. The van der Waals surface area contributed by atoms with Gasteiger partial charge in [0.2, 0.25) is 0 Å². The summed E-state index contributed by atoms with van der Waals surface area (Å²) >= 11 is 0. The molecule has 0 aliphatic heterocycles. The third kappa shape index (κ3) is 2.51. The molecule has 1 aliphatic carbocycles. The average Bonchev–Trinajstić information content (AvgIpc) is 3.34.